The van der Waals surface area contributed by atoms with E-state index >= 15 is 0 Å². The molecule has 1 heterocycles. The summed E-state index contributed by atoms with van der Waals surface area (Å²) < 4.78 is 17.7. The second-order valence-electron chi connectivity index (χ2n) is 7.70. The van der Waals surface area contributed by atoms with Crippen LogP contribution in [0.15, 0.2) is 40.6 Å². The molecule has 0 unspecified atom stereocenters. The number of carbonyl (C=O) groups excluding carboxylic acids is 2. The van der Waals surface area contributed by atoms with Gasteiger partial charge in [-0.05, 0) is 55.7 Å². The average molecular weight is 471 g/mol. The van der Waals surface area contributed by atoms with E-state index in [2.05, 4.69) is 15.9 Å². The molecule has 0 amide bonds. The van der Waals surface area contributed by atoms with Crippen LogP contribution < -0.4 is 14.2 Å². The first-order valence-corrected chi connectivity index (χ1v) is 10.9. The predicted octanol–water partition coefficient (Wildman–Crippen LogP) is 5.87. The Kier molecular flexibility index (Phi) is 5.95. The van der Waals surface area contributed by atoms with Gasteiger partial charge in [-0.1, -0.05) is 35.2 Å². The van der Waals surface area contributed by atoms with Crippen LogP contribution in [0.3, 0.4) is 0 Å². The van der Waals surface area contributed by atoms with Crippen molar-refractivity contribution in [2.75, 3.05) is 7.11 Å². The smallest absolute Gasteiger partial charge is 0.314 e. The van der Waals surface area contributed by atoms with Crippen molar-refractivity contribution in [2.24, 2.45) is 5.92 Å². The molecule has 0 bridgehead atoms. The molecule has 6 heteroatoms. The molecule has 5 nitrogen and oxygen atoms in total. The number of Topliss-reactive ketones (excluding diaryl/α,β-unsaturated/α-hetero) is 1. The summed E-state index contributed by atoms with van der Waals surface area (Å²) in [6.07, 6.45) is 6.72. The molecule has 0 spiro atoms. The summed E-state index contributed by atoms with van der Waals surface area (Å²) in [5, 5.41) is 0. The Bertz CT molecular complexity index is 1030. The SMILES string of the molecule is COc1ccc(Br)cc1/C=C1\Oc2cc(OC(=O)C3CCCCC3)cc(C)c2C1=O. The molecule has 0 radical (unpaired) electrons. The number of ether oxygens (including phenoxy) is 3. The molecule has 4 rings (SSSR count). The first-order valence-electron chi connectivity index (χ1n) is 10.1. The third-order valence-corrected chi connectivity index (χ3v) is 6.07. The zero-order valence-electron chi connectivity index (χ0n) is 17.0. The van der Waals surface area contributed by atoms with Crippen molar-refractivity contribution in [3.8, 4) is 17.2 Å². The van der Waals surface area contributed by atoms with Gasteiger partial charge in [0.15, 0.2) is 5.76 Å². The number of benzene rings is 2. The number of rotatable bonds is 4. The van der Waals surface area contributed by atoms with Gasteiger partial charge in [-0.3, -0.25) is 9.59 Å². The Hall–Kier alpha value is -2.60. The average Bonchev–Trinajstić information content (AvgIpc) is 3.04. The number of carbonyl (C=O) groups is 2. The summed E-state index contributed by atoms with van der Waals surface area (Å²) in [6.45, 7) is 1.82. The molecule has 0 saturated heterocycles. The van der Waals surface area contributed by atoms with Crippen LogP contribution in [0, 0.1) is 12.8 Å². The number of methoxy groups -OCH3 is 1. The summed E-state index contributed by atoms with van der Waals surface area (Å²) in [7, 11) is 1.58. The Morgan fingerprint density at radius 2 is 1.93 bits per heavy atom. The van der Waals surface area contributed by atoms with E-state index in [1.165, 1.54) is 6.42 Å². The van der Waals surface area contributed by atoms with Crippen molar-refractivity contribution in [1.29, 1.82) is 0 Å². The maximum atomic E-state index is 12.9. The number of esters is 1. The zero-order chi connectivity index (χ0) is 21.3. The fourth-order valence-corrected chi connectivity index (χ4v) is 4.41. The number of halogens is 1. The molecule has 2 aliphatic rings. The Balaban J connectivity index is 1.59. The fourth-order valence-electron chi connectivity index (χ4n) is 4.03. The van der Waals surface area contributed by atoms with E-state index in [-0.39, 0.29) is 23.4 Å². The summed E-state index contributed by atoms with van der Waals surface area (Å²) in [5.74, 6) is 1.22. The summed E-state index contributed by atoms with van der Waals surface area (Å²) >= 11 is 3.44. The molecule has 156 valence electrons. The van der Waals surface area contributed by atoms with Crippen LogP contribution in [0.5, 0.6) is 17.2 Å². The highest BCUT2D eigenvalue weighted by atomic mass is 79.9. The van der Waals surface area contributed by atoms with E-state index in [9.17, 15) is 9.59 Å². The van der Waals surface area contributed by atoms with Crippen LogP contribution in [-0.2, 0) is 4.79 Å². The minimum absolute atomic E-state index is 0.0469. The van der Waals surface area contributed by atoms with E-state index in [1.54, 1.807) is 25.3 Å². The lowest BCUT2D eigenvalue weighted by molar-refractivity contribution is -0.139. The lowest BCUT2D eigenvalue weighted by Crippen LogP contribution is -2.22. The molecular formula is C24H23BrO5. The first-order chi connectivity index (χ1) is 14.5. The highest BCUT2D eigenvalue weighted by Gasteiger charge is 2.31. The highest BCUT2D eigenvalue weighted by Crippen LogP contribution is 2.39. The molecule has 1 aliphatic heterocycles. The van der Waals surface area contributed by atoms with Gasteiger partial charge in [0.25, 0.3) is 0 Å². The van der Waals surface area contributed by atoms with Gasteiger partial charge in [-0.25, -0.2) is 0 Å². The van der Waals surface area contributed by atoms with E-state index in [0.717, 1.165) is 35.7 Å². The van der Waals surface area contributed by atoms with Crippen molar-refractivity contribution in [3.63, 3.8) is 0 Å². The van der Waals surface area contributed by atoms with E-state index < -0.39 is 0 Å². The second kappa shape index (κ2) is 8.64. The van der Waals surface area contributed by atoms with Gasteiger partial charge >= 0.3 is 5.97 Å². The maximum absolute atomic E-state index is 12.9. The van der Waals surface area contributed by atoms with Crippen LogP contribution >= 0.6 is 15.9 Å². The Morgan fingerprint density at radius 1 is 1.17 bits per heavy atom. The minimum Gasteiger partial charge on any atom is -0.496 e. The van der Waals surface area contributed by atoms with Crippen molar-refractivity contribution in [1.82, 2.24) is 0 Å². The second-order valence-corrected chi connectivity index (χ2v) is 8.61. The van der Waals surface area contributed by atoms with Crippen LogP contribution in [0.2, 0.25) is 0 Å². The molecule has 2 aromatic carbocycles. The zero-order valence-corrected chi connectivity index (χ0v) is 18.6. The molecule has 1 saturated carbocycles. The summed E-state index contributed by atoms with van der Waals surface area (Å²) in [6, 6.07) is 8.89. The van der Waals surface area contributed by atoms with Gasteiger partial charge in [0.2, 0.25) is 5.78 Å². The third-order valence-electron chi connectivity index (χ3n) is 5.58. The van der Waals surface area contributed by atoms with Crippen LogP contribution in [-0.4, -0.2) is 18.9 Å². The molecule has 0 N–H and O–H groups in total. The quantitative estimate of drug-likeness (QED) is 0.317. The van der Waals surface area contributed by atoms with Crippen molar-refractivity contribution in [2.45, 2.75) is 39.0 Å². The monoisotopic (exact) mass is 470 g/mol. The molecule has 1 aliphatic carbocycles. The molecule has 1 fully saturated rings. The normalized spacial score (nSPS) is 17.6. The van der Waals surface area contributed by atoms with E-state index in [4.69, 9.17) is 14.2 Å². The highest BCUT2D eigenvalue weighted by molar-refractivity contribution is 9.10. The summed E-state index contributed by atoms with van der Waals surface area (Å²) in [4.78, 5) is 25.4. The maximum Gasteiger partial charge on any atom is 0.314 e. The Labute approximate surface area is 184 Å². The summed E-state index contributed by atoms with van der Waals surface area (Å²) in [5.41, 5.74) is 1.94. The van der Waals surface area contributed by atoms with Crippen molar-refractivity contribution < 1.29 is 23.8 Å². The number of hydrogen-bond acceptors (Lipinski definition) is 5. The minimum atomic E-state index is -0.201. The van der Waals surface area contributed by atoms with Gasteiger partial charge in [0, 0.05) is 16.1 Å². The van der Waals surface area contributed by atoms with E-state index in [0.29, 0.717) is 28.4 Å². The van der Waals surface area contributed by atoms with E-state index in [1.807, 2.05) is 25.1 Å². The van der Waals surface area contributed by atoms with Crippen LogP contribution in [0.25, 0.3) is 6.08 Å². The molecule has 30 heavy (non-hydrogen) atoms. The lowest BCUT2D eigenvalue weighted by atomic mass is 9.89. The number of fused-ring (bicyclic) bond motifs is 1. The number of ketones is 1. The van der Waals surface area contributed by atoms with Crippen molar-refractivity contribution in [3.05, 3.63) is 57.3 Å². The molecular weight excluding hydrogens is 448 g/mol. The van der Waals surface area contributed by atoms with Gasteiger partial charge in [0.05, 0.1) is 18.6 Å². The lowest BCUT2D eigenvalue weighted by Gasteiger charge is -2.20. The number of allylic oxidation sites excluding steroid dienone is 1. The van der Waals surface area contributed by atoms with Gasteiger partial charge in [0.1, 0.15) is 17.2 Å². The number of aryl methyl sites for hydroxylation is 1. The predicted molar refractivity (Wildman–Crippen MR) is 117 cm³/mol. The van der Waals surface area contributed by atoms with Gasteiger partial charge in [-0.2, -0.15) is 0 Å². The van der Waals surface area contributed by atoms with Gasteiger partial charge in [-0.15, -0.1) is 0 Å². The third kappa shape index (κ3) is 4.15. The largest absolute Gasteiger partial charge is 0.496 e. The van der Waals surface area contributed by atoms with Gasteiger partial charge < -0.3 is 14.2 Å². The molecule has 0 aromatic heterocycles. The van der Waals surface area contributed by atoms with Crippen LogP contribution in [0.1, 0.15) is 53.6 Å². The molecule has 0 atom stereocenters. The van der Waals surface area contributed by atoms with Crippen molar-refractivity contribution >= 4 is 33.8 Å². The number of hydrogen-bond donors (Lipinski definition) is 0. The standard InChI is InChI=1S/C24H23BrO5/c1-14-10-18(29-24(27)15-6-4-3-5-7-15)13-20-22(14)23(26)21(30-20)12-16-11-17(25)8-9-19(16)28-2/h8-13,15H,3-7H2,1-2H3/b21-12-. The molecule has 2 aromatic rings. The Morgan fingerprint density at radius 3 is 2.67 bits per heavy atom. The topological polar surface area (TPSA) is 61.8 Å². The first kappa shape index (κ1) is 20.7. The fraction of sp³-hybridized carbons (Fsp3) is 0.333. The van der Waals surface area contributed by atoms with Crippen LogP contribution in [0.4, 0.5) is 0 Å².